The topological polar surface area (TPSA) is 66.5 Å². The van der Waals surface area contributed by atoms with Crippen LogP contribution in [0.2, 0.25) is 0 Å². The maximum atomic E-state index is 12.9. The summed E-state index contributed by atoms with van der Waals surface area (Å²) in [5.74, 6) is 2.11. The van der Waals surface area contributed by atoms with Gasteiger partial charge in [-0.15, -0.1) is 6.42 Å². The minimum atomic E-state index is -0.279. The molecule has 0 radical (unpaired) electrons. The van der Waals surface area contributed by atoms with E-state index in [1.54, 1.807) is 24.1 Å². The van der Waals surface area contributed by atoms with Gasteiger partial charge in [0, 0.05) is 0 Å². The molecule has 1 amide bonds. The monoisotopic (exact) mass is 306 g/mol. The number of rotatable bonds is 6. The van der Waals surface area contributed by atoms with Crippen molar-refractivity contribution >= 4 is 12.1 Å². The fourth-order valence-electron chi connectivity index (χ4n) is 1.81. The normalized spacial score (nSPS) is 10.7. The number of terminal acetylenes is 1. The number of hydrogen-bond acceptors (Lipinski definition) is 4. The Hall–Kier alpha value is -2.48. The second-order valence-electron chi connectivity index (χ2n) is 4.54. The van der Waals surface area contributed by atoms with Crippen molar-refractivity contribution in [2.45, 2.75) is 19.4 Å². The second-order valence-corrected chi connectivity index (χ2v) is 4.54. The predicted molar refractivity (Wildman–Crippen MR) is 78.9 cm³/mol. The van der Waals surface area contributed by atoms with Crippen molar-refractivity contribution in [2.24, 2.45) is 0 Å². The highest BCUT2D eigenvalue weighted by molar-refractivity contribution is 5.78. The summed E-state index contributed by atoms with van der Waals surface area (Å²) >= 11 is 0. The number of carbonyl (C=O) groups is 1. The van der Waals surface area contributed by atoms with E-state index in [1.807, 2.05) is 6.92 Å². The molecule has 22 heavy (non-hydrogen) atoms. The number of benzene rings is 1. The third-order valence-electron chi connectivity index (χ3n) is 2.79. The molecule has 0 unspecified atom stereocenters. The van der Waals surface area contributed by atoms with E-state index in [2.05, 4.69) is 11.2 Å². The number of carbonyl (C=O) groups excluding carboxylic acids is 3. The van der Waals surface area contributed by atoms with Crippen molar-refractivity contribution in [2.75, 3.05) is 20.1 Å². The average molecular weight is 306 g/mol. The van der Waals surface area contributed by atoms with Gasteiger partial charge in [0.05, 0.1) is 19.1 Å². The first kappa shape index (κ1) is 19.5. The van der Waals surface area contributed by atoms with E-state index in [1.165, 1.54) is 12.1 Å². The van der Waals surface area contributed by atoms with Crippen LogP contribution in [-0.2, 0) is 14.4 Å². The molecule has 0 heterocycles. The van der Waals surface area contributed by atoms with Gasteiger partial charge >= 0.3 is 6.15 Å². The Balaban J connectivity index is 0.00000135. The maximum Gasteiger partial charge on any atom is 0.373 e. The number of nitrogens with zero attached hydrogens (tertiary/aromatic N) is 1. The number of hydrogen-bond donors (Lipinski definition) is 1. The van der Waals surface area contributed by atoms with E-state index in [0.29, 0.717) is 6.54 Å². The summed E-state index contributed by atoms with van der Waals surface area (Å²) in [6, 6.07) is 6.07. The first-order chi connectivity index (χ1) is 10.5. The van der Waals surface area contributed by atoms with Crippen molar-refractivity contribution < 1.29 is 18.8 Å². The van der Waals surface area contributed by atoms with Crippen molar-refractivity contribution in [3.63, 3.8) is 0 Å². The summed E-state index contributed by atoms with van der Waals surface area (Å²) in [6.45, 7) is 2.65. The molecule has 1 N–H and O–H groups in total. The lowest BCUT2D eigenvalue weighted by Crippen LogP contribution is -2.37. The standard InChI is InChI=1S/C15H19FN2O.CO2/c1-4-10-18(3)11-15(19)17-14(5-2)12-6-8-13(16)9-7-12;2-1-3/h1,6-9,14H,5,10-11H2,2-3H3,(H,17,19);/t14-;/m1./s1. The number of amides is 1. The summed E-state index contributed by atoms with van der Waals surface area (Å²) in [5, 5.41) is 2.92. The first-order valence-electron chi connectivity index (χ1n) is 6.64. The molecular weight excluding hydrogens is 287 g/mol. The summed E-state index contributed by atoms with van der Waals surface area (Å²) in [6.07, 6.45) is 6.18. The molecule has 0 saturated carbocycles. The maximum absolute atomic E-state index is 12.9. The van der Waals surface area contributed by atoms with E-state index in [-0.39, 0.29) is 30.5 Å². The largest absolute Gasteiger partial charge is 0.373 e. The second kappa shape index (κ2) is 11.2. The van der Waals surface area contributed by atoms with Crippen LogP contribution in [0.3, 0.4) is 0 Å². The molecule has 0 aliphatic carbocycles. The van der Waals surface area contributed by atoms with Crippen LogP contribution in [0.1, 0.15) is 24.9 Å². The molecule has 5 nitrogen and oxygen atoms in total. The summed E-state index contributed by atoms with van der Waals surface area (Å²) in [7, 11) is 1.79. The van der Waals surface area contributed by atoms with E-state index >= 15 is 0 Å². The molecule has 1 aromatic carbocycles. The molecule has 0 aliphatic heterocycles. The Morgan fingerprint density at radius 2 is 1.91 bits per heavy atom. The van der Waals surface area contributed by atoms with E-state index in [4.69, 9.17) is 16.0 Å². The zero-order valence-corrected chi connectivity index (χ0v) is 12.6. The molecule has 1 aromatic rings. The van der Waals surface area contributed by atoms with Gasteiger partial charge in [-0.05, 0) is 31.2 Å². The number of halogens is 1. The molecule has 6 heteroatoms. The summed E-state index contributed by atoms with van der Waals surface area (Å²) in [4.78, 5) is 29.8. The van der Waals surface area contributed by atoms with Crippen molar-refractivity contribution in [1.29, 1.82) is 0 Å². The van der Waals surface area contributed by atoms with E-state index < -0.39 is 0 Å². The molecule has 0 spiro atoms. The average Bonchev–Trinajstić information content (AvgIpc) is 2.47. The van der Waals surface area contributed by atoms with Gasteiger partial charge < -0.3 is 5.32 Å². The Bertz CT molecular complexity index is 531. The molecule has 0 fully saturated rings. The van der Waals surface area contributed by atoms with Crippen LogP contribution >= 0.6 is 0 Å². The Labute approximate surface area is 129 Å². The van der Waals surface area contributed by atoms with Crippen LogP contribution in [-0.4, -0.2) is 37.1 Å². The third kappa shape index (κ3) is 7.95. The number of likely N-dealkylation sites (N-methyl/N-ethyl adjacent to an activating group) is 1. The van der Waals surface area contributed by atoms with E-state index in [9.17, 15) is 9.18 Å². The highest BCUT2D eigenvalue weighted by Crippen LogP contribution is 2.16. The van der Waals surface area contributed by atoms with Crippen molar-refractivity contribution in [3.05, 3.63) is 35.6 Å². The Morgan fingerprint density at radius 1 is 1.36 bits per heavy atom. The van der Waals surface area contributed by atoms with Crippen molar-refractivity contribution in [1.82, 2.24) is 10.2 Å². The van der Waals surface area contributed by atoms with Crippen LogP contribution in [0.15, 0.2) is 24.3 Å². The number of nitrogens with one attached hydrogen (secondary N) is 1. The quantitative estimate of drug-likeness (QED) is 0.806. The molecule has 0 aromatic heterocycles. The molecule has 0 aliphatic rings. The van der Waals surface area contributed by atoms with Crippen molar-refractivity contribution in [3.8, 4) is 12.3 Å². The van der Waals surface area contributed by atoms with Crippen LogP contribution in [0, 0.1) is 18.2 Å². The fraction of sp³-hybridized carbons (Fsp3) is 0.375. The van der Waals surface area contributed by atoms with Gasteiger partial charge in [-0.25, -0.2) is 4.39 Å². The van der Waals surface area contributed by atoms with Crippen LogP contribution in [0.25, 0.3) is 0 Å². The SMILES string of the molecule is C#CCN(C)CC(=O)N[C@H](CC)c1ccc(F)cc1.O=C=O. The van der Waals surface area contributed by atoms with Gasteiger partial charge in [0.25, 0.3) is 0 Å². The Morgan fingerprint density at radius 3 is 2.36 bits per heavy atom. The van der Waals surface area contributed by atoms with Gasteiger partial charge in [0.1, 0.15) is 5.82 Å². The van der Waals surface area contributed by atoms with Crippen LogP contribution in [0.4, 0.5) is 4.39 Å². The van der Waals surface area contributed by atoms with Crippen LogP contribution < -0.4 is 5.32 Å². The van der Waals surface area contributed by atoms with Gasteiger partial charge in [-0.1, -0.05) is 25.0 Å². The lowest BCUT2D eigenvalue weighted by Gasteiger charge is -2.19. The predicted octanol–water partition coefficient (Wildman–Crippen LogP) is 1.37. The molecule has 1 atom stereocenters. The molecule has 118 valence electrons. The third-order valence-corrected chi connectivity index (χ3v) is 2.79. The highest BCUT2D eigenvalue weighted by atomic mass is 19.1. The van der Waals surface area contributed by atoms with Gasteiger partial charge in [-0.3, -0.25) is 9.69 Å². The first-order valence-corrected chi connectivity index (χ1v) is 6.64. The molecular formula is C16H19FN2O3. The molecule has 1 rings (SSSR count). The van der Waals surface area contributed by atoms with Gasteiger partial charge in [0.2, 0.25) is 5.91 Å². The minimum Gasteiger partial charge on any atom is -0.348 e. The van der Waals surface area contributed by atoms with Crippen LogP contribution in [0.5, 0.6) is 0 Å². The zero-order valence-electron chi connectivity index (χ0n) is 12.6. The molecule has 0 bridgehead atoms. The summed E-state index contributed by atoms with van der Waals surface area (Å²) < 4.78 is 12.9. The Kier molecular flexibility index (Phi) is 9.95. The minimum absolute atomic E-state index is 0.0890. The summed E-state index contributed by atoms with van der Waals surface area (Å²) in [5.41, 5.74) is 0.900. The van der Waals surface area contributed by atoms with E-state index in [0.717, 1.165) is 12.0 Å². The fourth-order valence-corrected chi connectivity index (χ4v) is 1.81. The van der Waals surface area contributed by atoms with Gasteiger partial charge in [0.15, 0.2) is 0 Å². The lowest BCUT2D eigenvalue weighted by atomic mass is 10.0. The smallest absolute Gasteiger partial charge is 0.348 e. The van der Waals surface area contributed by atoms with Gasteiger partial charge in [-0.2, -0.15) is 9.59 Å². The zero-order chi connectivity index (χ0) is 17.0. The highest BCUT2D eigenvalue weighted by Gasteiger charge is 2.13. The lowest BCUT2D eigenvalue weighted by molar-refractivity contribution is -0.191. The molecule has 0 saturated heterocycles.